The van der Waals surface area contributed by atoms with Gasteiger partial charge in [0.15, 0.2) is 0 Å². The summed E-state index contributed by atoms with van der Waals surface area (Å²) >= 11 is 0. The molecule has 0 radical (unpaired) electrons. The minimum Gasteiger partial charge on any atom is -0.378 e. The molecular weight excluding hydrogens is 468 g/mol. The van der Waals surface area contributed by atoms with Crippen LogP contribution >= 0.6 is 0 Å². The minimum atomic E-state index is -0.851. The number of ether oxygens (including phenoxy) is 6. The summed E-state index contributed by atoms with van der Waals surface area (Å²) in [7, 11) is 0. The van der Waals surface area contributed by atoms with Gasteiger partial charge in [0.2, 0.25) is 0 Å². The molecule has 0 aromatic heterocycles. The van der Waals surface area contributed by atoms with Crippen molar-refractivity contribution in [2.45, 2.75) is 62.9 Å². The molecule has 12 heteroatoms. The molecule has 0 aromatic carbocycles. The van der Waals surface area contributed by atoms with Gasteiger partial charge in [0.05, 0.1) is 115 Å². The first kappa shape index (κ1) is 32.9. The van der Waals surface area contributed by atoms with E-state index in [1.54, 1.807) is 0 Å². The van der Waals surface area contributed by atoms with Crippen LogP contribution in [0.2, 0.25) is 0 Å². The Hall–Kier alpha value is -3.12. The Bertz CT molecular complexity index is 778. The zero-order chi connectivity index (χ0) is 26.7. The van der Waals surface area contributed by atoms with Gasteiger partial charge in [-0.1, -0.05) is 0 Å². The van der Waals surface area contributed by atoms with Crippen LogP contribution in [0.25, 0.3) is 0 Å². The first-order chi connectivity index (χ1) is 17.7. The maximum absolute atomic E-state index is 9.01. The van der Waals surface area contributed by atoms with E-state index >= 15 is 0 Å². The molecule has 12 nitrogen and oxygen atoms in total. The lowest BCUT2D eigenvalue weighted by atomic mass is 10.0. The first-order valence-corrected chi connectivity index (χ1v) is 11.7. The Kier molecular flexibility index (Phi) is 22.8. The number of hydrogen-bond acceptors (Lipinski definition) is 12. The van der Waals surface area contributed by atoms with Crippen molar-refractivity contribution in [3.8, 4) is 30.3 Å². The number of nitriles is 5. The normalized spacial score (nSPS) is 13.6. The van der Waals surface area contributed by atoms with Gasteiger partial charge in [-0.2, -0.15) is 26.3 Å². The molecule has 0 unspecified atom stereocenters. The highest BCUT2D eigenvalue weighted by atomic mass is 16.6. The van der Waals surface area contributed by atoms with Crippen molar-refractivity contribution in [2.75, 3.05) is 52.9 Å². The van der Waals surface area contributed by atoms with Crippen LogP contribution in [0.5, 0.6) is 0 Å². The number of nitrogens with one attached hydrogen (secondary N) is 1. The van der Waals surface area contributed by atoms with Crippen molar-refractivity contribution in [1.82, 2.24) is 0 Å². The fraction of sp³-hybridized carbons (Fsp3) is 0.750. The highest BCUT2D eigenvalue weighted by molar-refractivity contribution is 5.52. The average Bonchev–Trinajstić information content (AvgIpc) is 2.88. The maximum atomic E-state index is 9.01. The lowest BCUT2D eigenvalue weighted by Gasteiger charge is -2.37. The fourth-order valence-electron chi connectivity index (χ4n) is 2.96. The molecule has 0 spiro atoms. The largest absolute Gasteiger partial charge is 0.378 e. The van der Waals surface area contributed by atoms with Gasteiger partial charge in [0.1, 0.15) is 24.4 Å². The van der Waals surface area contributed by atoms with E-state index in [2.05, 4.69) is 0 Å². The van der Waals surface area contributed by atoms with Gasteiger partial charge in [-0.15, -0.1) is 0 Å². The summed E-state index contributed by atoms with van der Waals surface area (Å²) in [4.78, 5) is 0. The van der Waals surface area contributed by atoms with Gasteiger partial charge in [-0.25, -0.2) is 0 Å². The van der Waals surface area contributed by atoms with Crippen LogP contribution in [0.3, 0.4) is 0 Å². The van der Waals surface area contributed by atoms with Gasteiger partial charge >= 0.3 is 0 Å². The Morgan fingerprint density at radius 2 is 0.889 bits per heavy atom. The molecule has 0 saturated carbocycles. The Balaban J connectivity index is 6.01. The molecule has 0 aliphatic rings. The van der Waals surface area contributed by atoms with E-state index in [1.165, 1.54) is 6.21 Å². The maximum Gasteiger partial charge on any atom is 0.115 e. The smallest absolute Gasteiger partial charge is 0.115 e. The van der Waals surface area contributed by atoms with Crippen molar-refractivity contribution >= 4 is 6.21 Å². The van der Waals surface area contributed by atoms with Crippen LogP contribution in [0.1, 0.15) is 38.5 Å². The van der Waals surface area contributed by atoms with E-state index in [-0.39, 0.29) is 85.0 Å². The summed E-state index contributed by atoms with van der Waals surface area (Å²) in [5, 5.41) is 51.9. The van der Waals surface area contributed by atoms with Gasteiger partial charge < -0.3 is 33.8 Å². The number of nitrogens with zero attached hydrogens (tertiary/aromatic N) is 5. The van der Waals surface area contributed by atoms with Gasteiger partial charge in [-0.3, -0.25) is 0 Å². The standard InChI is InChI=1S/C24H34N6O6/c25-7-1-13-31-19-21(33-15-3-9-27)23(35-17-5-11-29)24(36-18-6-12-30)22(34-16-4-10-28)20-32-14-2-8-26/h7,21-25H,1-6,13-20H2/t21-,22+,23-,24-/m1/s1. The molecule has 1 N–H and O–H groups in total. The highest BCUT2D eigenvalue weighted by Gasteiger charge is 2.38. The summed E-state index contributed by atoms with van der Waals surface area (Å²) in [5.41, 5.74) is 0. The molecule has 0 fully saturated rings. The van der Waals surface area contributed by atoms with E-state index in [0.29, 0.717) is 6.42 Å². The lowest BCUT2D eigenvalue weighted by Crippen LogP contribution is -2.52. The van der Waals surface area contributed by atoms with Gasteiger partial charge in [-0.05, 0) is 6.21 Å². The van der Waals surface area contributed by atoms with E-state index in [1.807, 2.05) is 30.3 Å². The van der Waals surface area contributed by atoms with E-state index < -0.39 is 24.4 Å². The molecule has 0 aromatic rings. The van der Waals surface area contributed by atoms with Crippen molar-refractivity contribution in [1.29, 1.82) is 31.7 Å². The minimum absolute atomic E-state index is 0.0159. The Morgan fingerprint density at radius 1 is 0.528 bits per heavy atom. The molecule has 36 heavy (non-hydrogen) atoms. The second-order valence-corrected chi connectivity index (χ2v) is 7.17. The van der Waals surface area contributed by atoms with Gasteiger partial charge in [0.25, 0.3) is 0 Å². The monoisotopic (exact) mass is 502 g/mol. The molecule has 0 heterocycles. The third kappa shape index (κ3) is 16.5. The average molecular weight is 503 g/mol. The fourth-order valence-corrected chi connectivity index (χ4v) is 2.96. The number of hydrogen-bond donors (Lipinski definition) is 1. The summed E-state index contributed by atoms with van der Waals surface area (Å²) in [6.07, 6.45) is -0.959. The van der Waals surface area contributed by atoms with E-state index in [9.17, 15) is 0 Å². The van der Waals surface area contributed by atoms with Crippen LogP contribution in [0, 0.1) is 62.1 Å². The zero-order valence-corrected chi connectivity index (χ0v) is 20.5. The SMILES string of the molecule is N#CCCOC[C@H](OCCC#N)[C@@H](OCCC#N)[C@H](OCCC#N)[C@@H](COCCC=N)OCCC#N. The molecule has 0 amide bonds. The topological polar surface area (TPSA) is 198 Å². The molecule has 0 bridgehead atoms. The van der Waals surface area contributed by atoms with Crippen LogP contribution in [-0.4, -0.2) is 83.5 Å². The summed E-state index contributed by atoms with van der Waals surface area (Å²) in [6.45, 7) is 0.780. The third-order valence-electron chi connectivity index (χ3n) is 4.53. The van der Waals surface area contributed by atoms with E-state index in [4.69, 9.17) is 60.1 Å². The Morgan fingerprint density at radius 3 is 1.28 bits per heavy atom. The first-order valence-electron chi connectivity index (χ1n) is 11.7. The molecular formula is C24H34N6O6. The number of rotatable bonds is 24. The van der Waals surface area contributed by atoms with E-state index in [0.717, 1.165) is 0 Å². The predicted octanol–water partition coefficient (Wildman–Crippen LogP) is 2.17. The quantitative estimate of drug-likeness (QED) is 0.150. The third-order valence-corrected chi connectivity index (χ3v) is 4.53. The molecule has 196 valence electrons. The van der Waals surface area contributed by atoms with Crippen LogP contribution in [0.15, 0.2) is 0 Å². The highest BCUT2D eigenvalue weighted by Crippen LogP contribution is 2.21. The second kappa shape index (κ2) is 25.0. The molecule has 0 rings (SSSR count). The van der Waals surface area contributed by atoms with Crippen molar-refractivity contribution in [3.05, 3.63) is 0 Å². The predicted molar refractivity (Wildman–Crippen MR) is 125 cm³/mol. The van der Waals surface area contributed by atoms with Crippen LogP contribution < -0.4 is 0 Å². The zero-order valence-electron chi connectivity index (χ0n) is 20.5. The molecule has 0 saturated heterocycles. The van der Waals surface area contributed by atoms with Crippen molar-refractivity contribution < 1.29 is 28.4 Å². The second-order valence-electron chi connectivity index (χ2n) is 7.17. The molecule has 0 aliphatic heterocycles. The summed E-state index contributed by atoms with van der Waals surface area (Å²) in [5.74, 6) is 0. The van der Waals surface area contributed by atoms with Crippen molar-refractivity contribution in [2.24, 2.45) is 0 Å². The van der Waals surface area contributed by atoms with Crippen LogP contribution in [0.4, 0.5) is 0 Å². The van der Waals surface area contributed by atoms with Crippen molar-refractivity contribution in [3.63, 3.8) is 0 Å². The summed E-state index contributed by atoms with van der Waals surface area (Å²) in [6, 6.07) is 10.0. The van der Waals surface area contributed by atoms with Gasteiger partial charge in [0, 0.05) is 6.42 Å². The van der Waals surface area contributed by atoms with Crippen LogP contribution in [-0.2, 0) is 28.4 Å². The lowest BCUT2D eigenvalue weighted by molar-refractivity contribution is -0.195. The molecule has 4 atom stereocenters. The molecule has 0 aliphatic carbocycles. The summed E-state index contributed by atoms with van der Waals surface area (Å²) < 4.78 is 35.1. The Labute approximate surface area is 212 Å².